The number of hydrogen-bond donors (Lipinski definition) is 2. The van der Waals surface area contributed by atoms with E-state index in [2.05, 4.69) is 10.6 Å². The van der Waals surface area contributed by atoms with E-state index in [4.69, 9.17) is 61.6 Å². The Balaban J connectivity index is 1.94. The van der Waals surface area contributed by atoms with Gasteiger partial charge in [-0.3, -0.25) is 28.8 Å². The number of rotatable bonds is 20. The molecule has 2 aliphatic heterocycles. The maximum atomic E-state index is 12.6. The van der Waals surface area contributed by atoms with Crippen LogP contribution in [0.1, 0.15) is 47.1 Å². The first-order valence-corrected chi connectivity index (χ1v) is 18.9. The molecule has 23 nitrogen and oxygen atoms in total. The van der Waals surface area contributed by atoms with Crippen LogP contribution in [-0.4, -0.2) is 156 Å². The van der Waals surface area contributed by atoms with Crippen LogP contribution >= 0.6 is 0 Å². The van der Waals surface area contributed by atoms with Crippen molar-refractivity contribution in [1.82, 2.24) is 10.6 Å². The summed E-state index contributed by atoms with van der Waals surface area (Å²) in [4.78, 5) is 98.4. The second-order valence-electron chi connectivity index (χ2n) is 13.2. The molecule has 61 heavy (non-hydrogen) atoms. The molecule has 0 saturated carbocycles. The van der Waals surface area contributed by atoms with Crippen LogP contribution in [0.15, 0.2) is 30.3 Å². The Hall–Kier alpha value is -5.62. The third kappa shape index (κ3) is 17.1. The van der Waals surface area contributed by atoms with Crippen molar-refractivity contribution in [2.24, 2.45) is 0 Å². The summed E-state index contributed by atoms with van der Waals surface area (Å²) in [5.41, 5.74) is 0.797. The minimum Gasteiger partial charge on any atom is -0.463 e. The zero-order valence-corrected chi connectivity index (χ0v) is 34.7. The number of amides is 2. The van der Waals surface area contributed by atoms with Gasteiger partial charge in [-0.25, -0.2) is 9.59 Å². The Labute approximate surface area is 350 Å². The molecular formula is C38H52N2O21. The average Bonchev–Trinajstić information content (AvgIpc) is 3.18. The minimum absolute atomic E-state index is 0.00938. The Morgan fingerprint density at radius 2 is 1.05 bits per heavy atom. The van der Waals surface area contributed by atoms with Crippen molar-refractivity contribution in [3.05, 3.63) is 35.9 Å². The normalized spacial score (nSPS) is 25.7. The second-order valence-corrected chi connectivity index (χ2v) is 13.2. The number of carbonyl (C=O) groups excluding carboxylic acids is 8. The van der Waals surface area contributed by atoms with Gasteiger partial charge in [0.15, 0.2) is 49.2 Å². The molecule has 2 fully saturated rings. The van der Waals surface area contributed by atoms with Gasteiger partial charge in [-0.15, -0.1) is 0 Å². The van der Waals surface area contributed by atoms with Crippen LogP contribution in [0.3, 0.4) is 0 Å². The van der Waals surface area contributed by atoms with Gasteiger partial charge in [-0.2, -0.15) is 0 Å². The lowest BCUT2D eigenvalue weighted by Crippen LogP contribution is -2.67. The van der Waals surface area contributed by atoms with E-state index in [0.29, 0.717) is 0 Å². The zero-order chi connectivity index (χ0) is 45.1. The van der Waals surface area contributed by atoms with E-state index in [1.54, 1.807) is 12.1 Å². The minimum atomic E-state index is -1.86. The van der Waals surface area contributed by atoms with Crippen molar-refractivity contribution in [3.8, 4) is 0 Å². The fourth-order valence-corrected chi connectivity index (χ4v) is 5.92. The third-order valence-corrected chi connectivity index (χ3v) is 8.27. The molecule has 0 aromatic heterocycles. The van der Waals surface area contributed by atoms with E-state index >= 15 is 0 Å². The highest BCUT2D eigenvalue weighted by Gasteiger charge is 2.57. The Morgan fingerprint density at radius 3 is 1.59 bits per heavy atom. The molecule has 2 heterocycles. The number of alkyl carbamates (subject to hydrolysis) is 2. The average molecular weight is 873 g/mol. The van der Waals surface area contributed by atoms with Gasteiger partial charge in [0.1, 0.15) is 32.0 Å². The van der Waals surface area contributed by atoms with Gasteiger partial charge in [0.25, 0.3) is 0 Å². The van der Waals surface area contributed by atoms with Gasteiger partial charge in [0.05, 0.1) is 19.8 Å². The van der Waals surface area contributed by atoms with E-state index in [9.17, 15) is 38.4 Å². The molecule has 2 amide bonds. The topological polar surface area (TPSA) is 281 Å². The van der Waals surface area contributed by atoms with Crippen molar-refractivity contribution in [1.29, 1.82) is 0 Å². The highest BCUT2D eigenvalue weighted by Crippen LogP contribution is 2.35. The highest BCUT2D eigenvalue weighted by molar-refractivity contribution is 5.70. The SMILES string of the molecule is CNC(=O)O[C@H]1[C@H](OC(C)=O)[C@H](OC(C)=O)[C@@H](O[C@@H]2C(OCCOCCNC(=O)OCc3ccccc3)O[C@@H](COC(C)=O)[C@@H](OC(C)=O)[C@@H]2OC(C)=O)O[C@@H]1COC(C)=O. The first kappa shape index (κ1) is 49.7. The van der Waals surface area contributed by atoms with Gasteiger partial charge in [-0.05, 0) is 5.56 Å². The molecule has 23 heteroatoms. The maximum Gasteiger partial charge on any atom is 0.407 e. The molecule has 10 atom stereocenters. The van der Waals surface area contributed by atoms with Gasteiger partial charge >= 0.3 is 48.0 Å². The molecule has 0 spiro atoms. The molecule has 0 radical (unpaired) electrons. The molecule has 2 N–H and O–H groups in total. The molecule has 0 aliphatic carbocycles. The summed E-state index contributed by atoms with van der Waals surface area (Å²) < 4.78 is 73.3. The summed E-state index contributed by atoms with van der Waals surface area (Å²) >= 11 is 0. The Bertz CT molecular complexity index is 1640. The smallest absolute Gasteiger partial charge is 0.407 e. The van der Waals surface area contributed by atoms with Crippen LogP contribution in [0, 0.1) is 0 Å². The Kier molecular flexibility index (Phi) is 20.6. The largest absolute Gasteiger partial charge is 0.463 e. The molecule has 3 rings (SSSR count). The van der Waals surface area contributed by atoms with Crippen LogP contribution in [0.5, 0.6) is 0 Å². The molecule has 2 aliphatic rings. The molecular weight excluding hydrogens is 820 g/mol. The molecule has 1 aromatic carbocycles. The van der Waals surface area contributed by atoms with Crippen molar-refractivity contribution in [2.75, 3.05) is 46.6 Å². The summed E-state index contributed by atoms with van der Waals surface area (Å²) in [5, 5.41) is 4.78. The zero-order valence-electron chi connectivity index (χ0n) is 34.7. The Morgan fingerprint density at radius 1 is 0.541 bits per heavy atom. The standard InChI is InChI=1S/C38H52N2O21/c1-20(41)51-18-27-29(54-22(3)43)31(55-23(4)44)33(35(58-27)50-16-15-49-14-13-40-38(48)53-17-26-11-9-8-10-12-26)60-36-34(57-25(6)46)32(56-24(5)45)30(61-37(47)39-7)28(59-36)19-52-21(2)42/h8-12,27-36H,13-19H2,1-7H3,(H,39,47)(H,40,48)/t27-,28+,29+,30+,31-,32-,33-,34-,35?,36+/m0/s1. The number of hydrogen-bond acceptors (Lipinski definition) is 21. The maximum absolute atomic E-state index is 12.6. The second kappa shape index (κ2) is 25.2. The predicted molar refractivity (Wildman–Crippen MR) is 198 cm³/mol. The monoisotopic (exact) mass is 872 g/mol. The number of benzene rings is 1. The lowest BCUT2D eigenvalue weighted by molar-refractivity contribution is -0.368. The lowest BCUT2D eigenvalue weighted by atomic mass is 9.96. The van der Waals surface area contributed by atoms with Gasteiger partial charge in [0, 0.05) is 55.1 Å². The number of ether oxygens (including phenoxy) is 13. The first-order valence-electron chi connectivity index (χ1n) is 18.9. The van der Waals surface area contributed by atoms with E-state index in [0.717, 1.165) is 47.1 Å². The van der Waals surface area contributed by atoms with Gasteiger partial charge in [-0.1, -0.05) is 30.3 Å². The number of nitrogens with one attached hydrogen (secondary N) is 2. The quantitative estimate of drug-likeness (QED) is 0.102. The van der Waals surface area contributed by atoms with E-state index in [1.807, 2.05) is 18.2 Å². The van der Waals surface area contributed by atoms with Crippen LogP contribution in [-0.2, 0) is 97.0 Å². The predicted octanol–water partition coefficient (Wildman–Crippen LogP) is 0.359. The molecule has 2 saturated heterocycles. The molecule has 1 aromatic rings. The van der Waals surface area contributed by atoms with Crippen LogP contribution in [0.2, 0.25) is 0 Å². The summed E-state index contributed by atoms with van der Waals surface area (Å²) in [6, 6.07) is 9.05. The fourth-order valence-electron chi connectivity index (χ4n) is 5.92. The summed E-state index contributed by atoms with van der Waals surface area (Å²) in [5.74, 6) is -5.18. The van der Waals surface area contributed by atoms with Crippen molar-refractivity contribution < 1.29 is 99.9 Å². The third-order valence-electron chi connectivity index (χ3n) is 8.27. The van der Waals surface area contributed by atoms with E-state index in [1.165, 1.54) is 7.05 Å². The van der Waals surface area contributed by atoms with Crippen LogP contribution in [0.25, 0.3) is 0 Å². The van der Waals surface area contributed by atoms with E-state index < -0.39 is 123 Å². The van der Waals surface area contributed by atoms with Crippen LogP contribution in [0.4, 0.5) is 9.59 Å². The first-order chi connectivity index (χ1) is 29.0. The van der Waals surface area contributed by atoms with Gasteiger partial charge in [0.2, 0.25) is 0 Å². The van der Waals surface area contributed by atoms with Crippen molar-refractivity contribution >= 4 is 48.0 Å². The fraction of sp³-hybridized carbons (Fsp3) is 0.632. The summed E-state index contributed by atoms with van der Waals surface area (Å²) in [6.07, 6.45) is -17.9. The number of carbonyl (C=O) groups is 8. The van der Waals surface area contributed by atoms with Gasteiger partial charge < -0.3 is 72.2 Å². The van der Waals surface area contributed by atoms with Crippen LogP contribution < -0.4 is 10.6 Å². The molecule has 340 valence electrons. The summed E-state index contributed by atoms with van der Waals surface area (Å²) in [6.45, 7) is 4.92. The summed E-state index contributed by atoms with van der Waals surface area (Å²) in [7, 11) is 1.24. The van der Waals surface area contributed by atoms with Crippen molar-refractivity contribution in [3.63, 3.8) is 0 Å². The van der Waals surface area contributed by atoms with Crippen molar-refractivity contribution in [2.45, 2.75) is 110 Å². The molecule has 1 unspecified atom stereocenters. The molecule has 0 bridgehead atoms. The number of esters is 6. The lowest BCUT2D eigenvalue weighted by Gasteiger charge is -2.48. The highest BCUT2D eigenvalue weighted by atomic mass is 16.8. The van der Waals surface area contributed by atoms with E-state index in [-0.39, 0.29) is 33.0 Å².